The number of sulfone groups is 2. The zero-order valence-corrected chi connectivity index (χ0v) is 37.3. The van der Waals surface area contributed by atoms with Gasteiger partial charge >= 0.3 is 0 Å². The predicted octanol–water partition coefficient (Wildman–Crippen LogP) is 9.49. The van der Waals surface area contributed by atoms with Crippen LogP contribution in [-0.4, -0.2) is 33.0 Å². The van der Waals surface area contributed by atoms with Gasteiger partial charge in [0.2, 0.25) is 19.7 Å². The molecule has 0 bridgehead atoms. The first-order valence-electron chi connectivity index (χ1n) is 19.1. The van der Waals surface area contributed by atoms with E-state index in [1.54, 1.807) is 24.3 Å². The highest BCUT2D eigenvalue weighted by Crippen LogP contribution is 2.50. The van der Waals surface area contributed by atoms with E-state index in [2.05, 4.69) is 109 Å². The number of anilines is 6. The standard InChI is InChI=1S/C46H36N2O4S4Si2/c1-57(2)43-19-11-5-13-31(43)47(29-21-23-37-41(25-29)55(49,50)39-17-9-7-15-35(39)53-37)33-28-46-34(27-45(33)57)48(32-14-6-12-20-44(32)58(46,3)4)30-22-24-38-42(26-30)56(51,52)40-18-10-8-16-36(40)54-38/h5-28H,1-4H3. The first-order chi connectivity index (χ1) is 27.8. The van der Waals surface area contributed by atoms with Gasteiger partial charge in [0.25, 0.3) is 0 Å². The van der Waals surface area contributed by atoms with Crippen LogP contribution in [0, 0.1) is 0 Å². The van der Waals surface area contributed by atoms with Gasteiger partial charge < -0.3 is 9.80 Å². The fourth-order valence-corrected chi connectivity index (χ4v) is 21.6. The minimum absolute atomic E-state index is 0.325. The molecule has 12 heteroatoms. The van der Waals surface area contributed by atoms with Crippen LogP contribution < -0.4 is 30.5 Å². The fourth-order valence-electron chi connectivity index (χ4n) is 9.30. The SMILES string of the molecule is C[Si]1(C)c2ccccc2N(c2ccc3c(c2)S(=O)(=O)c2ccccc2S3)c2cc3c(cc21)N(c1ccc2c(c1)S(=O)(=O)c1ccccc1S2)c1ccccc1[Si]3(C)C. The molecule has 0 N–H and O–H groups in total. The first-order valence-corrected chi connectivity index (χ1v) is 29.7. The summed E-state index contributed by atoms with van der Waals surface area (Å²) in [5.74, 6) is 0. The summed E-state index contributed by atoms with van der Waals surface area (Å²) in [4.78, 5) is 8.83. The highest BCUT2D eigenvalue weighted by molar-refractivity contribution is 8.02. The minimum Gasteiger partial charge on any atom is -0.311 e. The Morgan fingerprint density at radius 1 is 0.379 bits per heavy atom. The normalized spacial score (nSPS) is 17.9. The van der Waals surface area contributed by atoms with Gasteiger partial charge in [0.15, 0.2) is 0 Å². The monoisotopic (exact) mass is 864 g/mol. The van der Waals surface area contributed by atoms with Crippen molar-refractivity contribution in [2.45, 2.75) is 65.4 Å². The molecular weight excluding hydrogens is 829 g/mol. The molecule has 0 atom stereocenters. The van der Waals surface area contributed by atoms with E-state index in [0.717, 1.165) is 53.7 Å². The zero-order chi connectivity index (χ0) is 39.9. The van der Waals surface area contributed by atoms with E-state index < -0.39 is 35.8 Å². The molecular formula is C46H36N2O4S4Si2. The van der Waals surface area contributed by atoms with Crippen molar-refractivity contribution in [3.8, 4) is 0 Å². The summed E-state index contributed by atoms with van der Waals surface area (Å²) >= 11 is 2.99. The van der Waals surface area contributed by atoms with Gasteiger partial charge in [0, 0.05) is 53.7 Å². The average Bonchev–Trinajstić information content (AvgIpc) is 3.21. The number of fused-ring (bicyclic) bond motifs is 8. The second-order valence-electron chi connectivity index (χ2n) is 16.2. The average molecular weight is 865 g/mol. The number of para-hydroxylation sites is 2. The fraction of sp³-hybridized carbons (Fsp3) is 0.0870. The summed E-state index contributed by atoms with van der Waals surface area (Å²) in [7, 11) is -12.3. The molecule has 0 radical (unpaired) electrons. The second-order valence-corrected chi connectivity index (χ2v) is 30.8. The Morgan fingerprint density at radius 3 is 1.17 bits per heavy atom. The minimum atomic E-state index is -3.76. The quantitative estimate of drug-likeness (QED) is 0.159. The van der Waals surface area contributed by atoms with Gasteiger partial charge in [0.05, 0.1) is 19.6 Å². The molecule has 4 heterocycles. The summed E-state index contributed by atoms with van der Waals surface area (Å²) in [5, 5.41) is 4.99. The topological polar surface area (TPSA) is 74.8 Å². The molecule has 58 heavy (non-hydrogen) atoms. The molecule has 7 aromatic rings. The van der Waals surface area contributed by atoms with E-state index in [-0.39, 0.29) is 0 Å². The van der Waals surface area contributed by atoms with Crippen molar-refractivity contribution in [1.82, 2.24) is 0 Å². The number of hydrogen-bond donors (Lipinski definition) is 0. The van der Waals surface area contributed by atoms with E-state index in [4.69, 9.17) is 0 Å². The van der Waals surface area contributed by atoms with Gasteiger partial charge in [-0.1, -0.05) is 110 Å². The maximum atomic E-state index is 14.2. The van der Waals surface area contributed by atoms with Crippen LogP contribution in [0.4, 0.5) is 34.1 Å². The highest BCUT2D eigenvalue weighted by atomic mass is 32.2. The third-order valence-corrected chi connectivity index (χ3v) is 25.8. The molecule has 6 nitrogen and oxygen atoms in total. The molecule has 0 saturated heterocycles. The zero-order valence-electron chi connectivity index (χ0n) is 32.0. The lowest BCUT2D eigenvalue weighted by Gasteiger charge is -2.46. The summed E-state index contributed by atoms with van der Waals surface area (Å²) in [6.07, 6.45) is 0. The van der Waals surface area contributed by atoms with Crippen molar-refractivity contribution < 1.29 is 16.8 Å². The van der Waals surface area contributed by atoms with Gasteiger partial charge in [-0.3, -0.25) is 0 Å². The van der Waals surface area contributed by atoms with Crippen LogP contribution in [0.1, 0.15) is 0 Å². The summed E-state index contributed by atoms with van der Waals surface area (Å²) in [6, 6.07) is 48.1. The molecule has 4 aliphatic heterocycles. The second kappa shape index (κ2) is 12.4. The lowest BCUT2D eigenvalue weighted by molar-refractivity contribution is 0.589. The van der Waals surface area contributed by atoms with Crippen LogP contribution in [0.25, 0.3) is 0 Å². The molecule has 4 aliphatic rings. The molecule has 0 saturated carbocycles. The molecule has 0 aliphatic carbocycles. The van der Waals surface area contributed by atoms with Crippen LogP contribution in [0.2, 0.25) is 26.2 Å². The maximum Gasteiger partial charge on any atom is 0.208 e. The smallest absolute Gasteiger partial charge is 0.208 e. The lowest BCUT2D eigenvalue weighted by Crippen LogP contribution is -2.62. The van der Waals surface area contributed by atoms with Crippen molar-refractivity contribution in [2.75, 3.05) is 9.80 Å². The maximum absolute atomic E-state index is 14.2. The summed E-state index contributed by atoms with van der Waals surface area (Å²) in [5.41, 5.74) is 5.86. The van der Waals surface area contributed by atoms with E-state index >= 15 is 0 Å². The van der Waals surface area contributed by atoms with Gasteiger partial charge in [-0.25, -0.2) is 16.8 Å². The summed E-state index contributed by atoms with van der Waals surface area (Å²) in [6.45, 7) is 9.57. The van der Waals surface area contributed by atoms with E-state index in [9.17, 15) is 16.8 Å². The van der Waals surface area contributed by atoms with Crippen LogP contribution in [0.3, 0.4) is 0 Å². The van der Waals surface area contributed by atoms with Crippen molar-refractivity contribution in [3.63, 3.8) is 0 Å². The largest absolute Gasteiger partial charge is 0.311 e. The Labute approximate surface area is 349 Å². The van der Waals surface area contributed by atoms with Gasteiger partial charge in [-0.05, 0) is 106 Å². The predicted molar refractivity (Wildman–Crippen MR) is 241 cm³/mol. The lowest BCUT2D eigenvalue weighted by atomic mass is 10.1. The van der Waals surface area contributed by atoms with Crippen molar-refractivity contribution in [1.29, 1.82) is 0 Å². The molecule has 0 amide bonds. The van der Waals surface area contributed by atoms with Crippen molar-refractivity contribution in [3.05, 3.63) is 146 Å². The van der Waals surface area contributed by atoms with Crippen LogP contribution in [-0.2, 0) is 19.7 Å². The van der Waals surface area contributed by atoms with Crippen molar-refractivity contribution >= 4 is 114 Å². The van der Waals surface area contributed by atoms with Gasteiger partial charge in [0.1, 0.15) is 16.1 Å². The molecule has 11 rings (SSSR count). The Balaban J connectivity index is 1.14. The Kier molecular flexibility index (Phi) is 7.72. The number of benzene rings is 7. The van der Waals surface area contributed by atoms with E-state index in [1.807, 2.05) is 48.5 Å². The van der Waals surface area contributed by atoms with E-state index in [0.29, 0.717) is 19.6 Å². The van der Waals surface area contributed by atoms with Gasteiger partial charge in [-0.2, -0.15) is 0 Å². The van der Waals surface area contributed by atoms with Crippen LogP contribution in [0.15, 0.2) is 185 Å². The molecule has 0 unspecified atom stereocenters. The van der Waals surface area contributed by atoms with Crippen molar-refractivity contribution in [2.24, 2.45) is 0 Å². The Bertz CT molecular complexity index is 2990. The Hall–Kier alpha value is -4.83. The molecule has 0 aromatic heterocycles. The molecule has 0 spiro atoms. The van der Waals surface area contributed by atoms with Gasteiger partial charge in [-0.15, -0.1) is 0 Å². The number of hydrogen-bond acceptors (Lipinski definition) is 8. The molecule has 0 fully saturated rings. The summed E-state index contributed by atoms with van der Waals surface area (Å²) < 4.78 is 56.9. The van der Waals surface area contributed by atoms with Crippen LogP contribution >= 0.6 is 23.5 Å². The third-order valence-electron chi connectivity index (χ3n) is 12.2. The number of rotatable bonds is 2. The highest BCUT2D eigenvalue weighted by Gasteiger charge is 2.45. The molecule has 7 aromatic carbocycles. The third kappa shape index (κ3) is 4.96. The Morgan fingerprint density at radius 2 is 0.741 bits per heavy atom. The molecule has 286 valence electrons. The first kappa shape index (κ1) is 36.3. The van der Waals surface area contributed by atoms with E-state index in [1.165, 1.54) is 44.3 Å². The van der Waals surface area contributed by atoms with Crippen LogP contribution in [0.5, 0.6) is 0 Å². The number of nitrogens with zero attached hydrogens (tertiary/aromatic N) is 2.